The summed E-state index contributed by atoms with van der Waals surface area (Å²) in [6, 6.07) is 6.13. The van der Waals surface area contributed by atoms with Crippen LogP contribution in [0.5, 0.6) is 0 Å². The van der Waals surface area contributed by atoms with E-state index >= 15 is 0 Å². The van der Waals surface area contributed by atoms with E-state index in [1.807, 2.05) is 19.1 Å². The van der Waals surface area contributed by atoms with Crippen LogP contribution in [0.3, 0.4) is 0 Å². The molecule has 0 saturated carbocycles. The van der Waals surface area contributed by atoms with E-state index < -0.39 is 0 Å². The highest BCUT2D eigenvalue weighted by molar-refractivity contribution is 5.79. The molecule has 2 aromatic heterocycles. The molecule has 5 nitrogen and oxygen atoms in total. The first-order chi connectivity index (χ1) is 9.20. The molecule has 3 aromatic rings. The summed E-state index contributed by atoms with van der Waals surface area (Å²) < 4.78 is 1.80. The summed E-state index contributed by atoms with van der Waals surface area (Å²) in [6.45, 7) is 4.10. The van der Waals surface area contributed by atoms with Gasteiger partial charge in [-0.15, -0.1) is 0 Å². The Kier molecular flexibility index (Phi) is 2.50. The van der Waals surface area contributed by atoms with Gasteiger partial charge in [-0.1, -0.05) is 0 Å². The van der Waals surface area contributed by atoms with E-state index in [0.29, 0.717) is 11.5 Å². The third kappa shape index (κ3) is 1.74. The zero-order valence-corrected chi connectivity index (χ0v) is 10.6. The highest BCUT2D eigenvalue weighted by Crippen LogP contribution is 2.21. The number of imidazole rings is 1. The molecule has 0 fully saturated rings. The molecular weight excluding hydrogens is 238 g/mol. The molecule has 0 aliphatic carbocycles. The molecule has 3 rings (SSSR count). The summed E-state index contributed by atoms with van der Waals surface area (Å²) in [7, 11) is 0. The van der Waals surface area contributed by atoms with Gasteiger partial charge in [-0.2, -0.15) is 5.26 Å². The third-order valence-electron chi connectivity index (χ3n) is 3.18. The number of benzene rings is 1. The largest absolute Gasteiger partial charge is 0.280 e. The first kappa shape index (κ1) is 11.4. The van der Waals surface area contributed by atoms with Crippen molar-refractivity contribution in [3.63, 3.8) is 0 Å². The van der Waals surface area contributed by atoms with Crippen LogP contribution < -0.4 is 0 Å². The zero-order chi connectivity index (χ0) is 13.4. The second-order valence-electron chi connectivity index (χ2n) is 4.38. The van der Waals surface area contributed by atoms with E-state index in [-0.39, 0.29) is 0 Å². The molecule has 0 bridgehead atoms. The molecule has 0 saturated heterocycles. The predicted octanol–water partition coefficient (Wildman–Crippen LogP) is 2.30. The van der Waals surface area contributed by atoms with Gasteiger partial charge in [-0.3, -0.25) is 4.57 Å². The Morgan fingerprint density at radius 1 is 1.05 bits per heavy atom. The zero-order valence-electron chi connectivity index (χ0n) is 10.6. The van der Waals surface area contributed by atoms with Gasteiger partial charge in [-0.25, -0.2) is 15.0 Å². The molecule has 5 heteroatoms. The summed E-state index contributed by atoms with van der Waals surface area (Å²) in [5, 5.41) is 9.10. The maximum absolute atomic E-state index is 9.10. The Balaban J connectivity index is 2.32. The maximum atomic E-state index is 9.10. The number of hydrogen-bond donors (Lipinski definition) is 0. The summed E-state index contributed by atoms with van der Waals surface area (Å²) in [5.74, 6) is 0.510. The average Bonchev–Trinajstić information content (AvgIpc) is 2.82. The van der Waals surface area contributed by atoms with E-state index in [0.717, 1.165) is 11.0 Å². The second kappa shape index (κ2) is 4.18. The van der Waals surface area contributed by atoms with Gasteiger partial charge in [0.25, 0.3) is 0 Å². The van der Waals surface area contributed by atoms with Crippen LogP contribution in [0, 0.1) is 25.2 Å². The minimum Gasteiger partial charge on any atom is -0.280 e. The molecule has 0 radical (unpaired) electrons. The van der Waals surface area contributed by atoms with Crippen LogP contribution in [0.15, 0.2) is 30.9 Å². The molecule has 0 unspecified atom stereocenters. The molecule has 0 amide bonds. The molecule has 19 heavy (non-hydrogen) atoms. The first-order valence-electron chi connectivity index (χ1n) is 5.86. The molecule has 0 N–H and O–H groups in total. The van der Waals surface area contributed by atoms with Crippen LogP contribution in [0.1, 0.15) is 16.8 Å². The van der Waals surface area contributed by atoms with Crippen molar-refractivity contribution in [1.82, 2.24) is 19.5 Å². The predicted molar refractivity (Wildman–Crippen MR) is 70.8 cm³/mol. The molecule has 2 heterocycles. The summed E-state index contributed by atoms with van der Waals surface area (Å²) in [4.78, 5) is 12.6. The summed E-state index contributed by atoms with van der Waals surface area (Å²) in [6.07, 6.45) is 4.76. The van der Waals surface area contributed by atoms with Crippen molar-refractivity contribution in [3.8, 4) is 11.9 Å². The number of hydrogen-bond acceptors (Lipinski definition) is 4. The van der Waals surface area contributed by atoms with Gasteiger partial charge < -0.3 is 0 Å². The lowest BCUT2D eigenvalue weighted by Crippen LogP contribution is -2.01. The number of nitrogens with zero attached hydrogens (tertiary/aromatic N) is 5. The van der Waals surface area contributed by atoms with Crippen molar-refractivity contribution in [2.24, 2.45) is 0 Å². The fraction of sp³-hybridized carbons (Fsp3) is 0.143. The molecule has 0 atom stereocenters. The van der Waals surface area contributed by atoms with Crippen LogP contribution >= 0.6 is 0 Å². The van der Waals surface area contributed by atoms with Crippen molar-refractivity contribution in [3.05, 3.63) is 47.7 Å². The first-order valence-corrected chi connectivity index (χ1v) is 5.86. The summed E-state index contributed by atoms with van der Waals surface area (Å²) >= 11 is 0. The highest BCUT2D eigenvalue weighted by Gasteiger charge is 2.11. The van der Waals surface area contributed by atoms with Crippen molar-refractivity contribution in [2.75, 3.05) is 0 Å². The van der Waals surface area contributed by atoms with Gasteiger partial charge in [0.15, 0.2) is 11.5 Å². The molecule has 0 aliphatic heterocycles. The Morgan fingerprint density at radius 2 is 1.79 bits per heavy atom. The van der Waals surface area contributed by atoms with Crippen molar-refractivity contribution < 1.29 is 0 Å². The lowest BCUT2D eigenvalue weighted by atomic mass is 10.1. The number of fused-ring (bicyclic) bond motifs is 1. The molecule has 1 aromatic carbocycles. The van der Waals surface area contributed by atoms with E-state index in [1.165, 1.54) is 17.3 Å². The third-order valence-corrected chi connectivity index (χ3v) is 3.18. The molecule has 0 spiro atoms. The van der Waals surface area contributed by atoms with Crippen LogP contribution in [-0.4, -0.2) is 19.5 Å². The topological polar surface area (TPSA) is 67.4 Å². The fourth-order valence-corrected chi connectivity index (χ4v) is 2.02. The fourth-order valence-electron chi connectivity index (χ4n) is 2.02. The van der Waals surface area contributed by atoms with Gasteiger partial charge in [-0.05, 0) is 37.1 Å². The average molecular weight is 249 g/mol. The minimum absolute atomic E-state index is 0.292. The van der Waals surface area contributed by atoms with Gasteiger partial charge >= 0.3 is 0 Å². The van der Waals surface area contributed by atoms with Gasteiger partial charge in [0.2, 0.25) is 0 Å². The van der Waals surface area contributed by atoms with E-state index in [2.05, 4.69) is 27.9 Å². The minimum atomic E-state index is 0.292. The smallest absolute Gasteiger partial charge is 0.183 e. The van der Waals surface area contributed by atoms with Gasteiger partial charge in [0.1, 0.15) is 12.4 Å². The number of rotatable bonds is 1. The van der Waals surface area contributed by atoms with Gasteiger partial charge in [0.05, 0.1) is 11.0 Å². The quantitative estimate of drug-likeness (QED) is 0.663. The molecule has 92 valence electrons. The van der Waals surface area contributed by atoms with E-state index in [1.54, 1.807) is 17.1 Å². The monoisotopic (exact) mass is 249 g/mol. The molecular formula is C14H11N5. The van der Waals surface area contributed by atoms with E-state index in [9.17, 15) is 0 Å². The normalized spacial score (nSPS) is 10.6. The SMILES string of the molecule is Cc1cc2ncn(-c3nccnc3C#N)c2cc1C. The standard InChI is InChI=1S/C14H11N5/c1-9-5-11-13(6-10(9)2)19(8-18-11)14-12(7-15)16-3-4-17-14/h3-6,8H,1-2H3. The Bertz CT molecular complexity index is 810. The van der Waals surface area contributed by atoms with Crippen molar-refractivity contribution >= 4 is 11.0 Å². The number of nitriles is 1. The lowest BCUT2D eigenvalue weighted by Gasteiger charge is -2.05. The van der Waals surface area contributed by atoms with E-state index in [4.69, 9.17) is 5.26 Å². The van der Waals surface area contributed by atoms with Crippen LogP contribution in [0.25, 0.3) is 16.9 Å². The second-order valence-corrected chi connectivity index (χ2v) is 4.38. The maximum Gasteiger partial charge on any atom is 0.183 e. The van der Waals surface area contributed by atoms with Crippen molar-refractivity contribution in [1.29, 1.82) is 5.26 Å². The van der Waals surface area contributed by atoms with Gasteiger partial charge in [0, 0.05) is 12.4 Å². The molecule has 0 aliphatic rings. The van der Waals surface area contributed by atoms with Crippen LogP contribution in [0.4, 0.5) is 0 Å². The van der Waals surface area contributed by atoms with Crippen LogP contribution in [0.2, 0.25) is 0 Å². The number of aromatic nitrogens is 4. The summed E-state index contributed by atoms with van der Waals surface area (Å²) in [5.41, 5.74) is 4.48. The lowest BCUT2D eigenvalue weighted by molar-refractivity contribution is 0.981. The van der Waals surface area contributed by atoms with Crippen LogP contribution in [-0.2, 0) is 0 Å². The Morgan fingerprint density at radius 3 is 2.58 bits per heavy atom. The Labute approximate surface area is 110 Å². The highest BCUT2D eigenvalue weighted by atomic mass is 15.1. The Hall–Kier alpha value is -2.74. The van der Waals surface area contributed by atoms with Crippen molar-refractivity contribution in [2.45, 2.75) is 13.8 Å². The number of aryl methyl sites for hydroxylation is 2.